The van der Waals surface area contributed by atoms with E-state index in [-0.39, 0.29) is 51.4 Å². The van der Waals surface area contributed by atoms with Crippen LogP contribution in [0.25, 0.3) is 0 Å². The predicted octanol–water partition coefficient (Wildman–Crippen LogP) is -3.41. The van der Waals surface area contributed by atoms with Crippen molar-refractivity contribution in [2.75, 3.05) is 0 Å². The maximum absolute atomic E-state index is 8.00. The summed E-state index contributed by atoms with van der Waals surface area (Å²) in [6.07, 6.45) is 0. The van der Waals surface area contributed by atoms with Crippen molar-refractivity contribution in [3.63, 3.8) is 0 Å². The largest absolute Gasteiger partial charge is 1.00 e. The molecule has 32 valence electrons. The Balaban J connectivity index is -0.0000000275. The van der Waals surface area contributed by atoms with E-state index in [4.69, 9.17) is 15.3 Å². The first-order valence-electron chi connectivity index (χ1n) is 0.623. The van der Waals surface area contributed by atoms with E-state index >= 15 is 0 Å². The monoisotopic (exact) mass is 118 g/mol. The summed E-state index contributed by atoms with van der Waals surface area (Å²) in [7, 11) is 0. The summed E-state index contributed by atoms with van der Waals surface area (Å²) in [5, 5.41) is 15.5. The van der Waals surface area contributed by atoms with E-state index in [0.29, 0.717) is 0 Å². The van der Waals surface area contributed by atoms with E-state index in [1.807, 2.05) is 0 Å². The molecule has 0 bridgehead atoms. The van der Waals surface area contributed by atoms with Crippen LogP contribution in [-0.4, -0.2) is 5.21 Å². The molecule has 0 radical (unpaired) electrons. The third-order valence-corrected chi connectivity index (χ3v) is 0. The summed E-state index contributed by atoms with van der Waals surface area (Å²) in [6.45, 7) is 0. The minimum Gasteiger partial charge on any atom is -0.444 e. The molecule has 0 aromatic rings. The van der Waals surface area contributed by atoms with Crippen molar-refractivity contribution in [2.45, 2.75) is 0 Å². The van der Waals surface area contributed by atoms with Crippen molar-refractivity contribution in [3.8, 4) is 0 Å². The Labute approximate surface area is 76.8 Å². The van der Waals surface area contributed by atoms with E-state index in [1.165, 1.54) is 0 Å². The van der Waals surface area contributed by atoms with E-state index in [0.717, 1.165) is 5.34 Å². The molecule has 0 atom stereocenters. The summed E-state index contributed by atoms with van der Waals surface area (Å²) in [5.74, 6) is 3.50. The number of rotatable bonds is 0. The molecular formula is H3KN2O3. The fraction of sp³-hybridized carbons (Fsp3) is 0. The van der Waals surface area contributed by atoms with Crippen LogP contribution in [0.5, 0.6) is 0 Å². The average molecular weight is 118 g/mol. The van der Waals surface area contributed by atoms with Gasteiger partial charge in [-0.15, -0.1) is 5.34 Å². The summed E-state index contributed by atoms with van der Waals surface area (Å²) in [4.78, 5) is 8.00. The molecule has 0 heterocycles. The molecule has 0 amide bonds. The Morgan fingerprint density at radius 1 is 1.67 bits per heavy atom. The molecule has 0 aromatic carbocycles. The zero-order chi connectivity index (χ0) is 4.71. The van der Waals surface area contributed by atoms with E-state index < -0.39 is 0 Å². The SMILES string of the molecule is NO.O=N[O-].[K+]. The van der Waals surface area contributed by atoms with Crippen molar-refractivity contribution in [2.24, 2.45) is 11.2 Å². The molecule has 0 saturated heterocycles. The quantitative estimate of drug-likeness (QED) is 0.196. The maximum atomic E-state index is 8.00. The predicted molar refractivity (Wildman–Crippen MR) is 15.1 cm³/mol. The third kappa shape index (κ3) is 84.8. The van der Waals surface area contributed by atoms with Gasteiger partial charge in [0.25, 0.3) is 0 Å². The molecule has 0 aliphatic rings. The van der Waals surface area contributed by atoms with Crippen LogP contribution in [0, 0.1) is 10.1 Å². The Kier molecular flexibility index (Phi) is 100. The summed E-state index contributed by atoms with van der Waals surface area (Å²) in [6, 6.07) is 0. The smallest absolute Gasteiger partial charge is 0.444 e. The Morgan fingerprint density at radius 2 is 1.67 bits per heavy atom. The second-order valence-electron chi connectivity index (χ2n) is 0.0745. The van der Waals surface area contributed by atoms with Crippen LogP contribution in [-0.2, 0) is 0 Å². The second-order valence-corrected chi connectivity index (χ2v) is 0.0745. The first kappa shape index (κ1) is 15.8. The molecule has 0 saturated carbocycles. The molecule has 6 heavy (non-hydrogen) atoms. The fourth-order valence-electron chi connectivity index (χ4n) is 0. The van der Waals surface area contributed by atoms with Crippen LogP contribution >= 0.6 is 0 Å². The van der Waals surface area contributed by atoms with Gasteiger partial charge in [-0.25, -0.2) is 5.90 Å². The normalized spacial score (nSPS) is 3.00. The first-order valence-corrected chi connectivity index (χ1v) is 0.623. The van der Waals surface area contributed by atoms with Gasteiger partial charge in [0.15, 0.2) is 0 Å². The second kappa shape index (κ2) is 38.2. The van der Waals surface area contributed by atoms with Gasteiger partial charge in [0.1, 0.15) is 0 Å². The van der Waals surface area contributed by atoms with Gasteiger partial charge in [0, 0.05) is 0 Å². The molecule has 0 fully saturated rings. The average Bonchev–Trinajstić information content (AvgIpc) is 1.46. The molecule has 0 rings (SSSR count). The topological polar surface area (TPSA) is 98.7 Å². The van der Waals surface area contributed by atoms with Crippen LogP contribution in [0.1, 0.15) is 0 Å². The van der Waals surface area contributed by atoms with Gasteiger partial charge < -0.3 is 15.3 Å². The van der Waals surface area contributed by atoms with Crippen LogP contribution in [0.4, 0.5) is 0 Å². The molecule has 0 aromatic heterocycles. The number of nitrogens with two attached hydrogens (primary N) is 1. The Bertz CT molecular complexity index is 16.3. The fourth-order valence-corrected chi connectivity index (χ4v) is 0. The van der Waals surface area contributed by atoms with Crippen molar-refractivity contribution < 1.29 is 56.6 Å². The number of hydrogen-bond acceptors (Lipinski definition) is 5. The number of hydrogen-bond donors (Lipinski definition) is 2. The molecule has 0 aliphatic heterocycles. The molecule has 0 spiro atoms. The van der Waals surface area contributed by atoms with E-state index in [1.54, 1.807) is 0 Å². The van der Waals surface area contributed by atoms with E-state index in [9.17, 15) is 0 Å². The molecular weight excluding hydrogens is 115 g/mol. The molecule has 5 nitrogen and oxygen atoms in total. The van der Waals surface area contributed by atoms with Crippen molar-refractivity contribution in [3.05, 3.63) is 10.1 Å². The summed E-state index contributed by atoms with van der Waals surface area (Å²) in [5.41, 5.74) is 0. The van der Waals surface area contributed by atoms with Gasteiger partial charge in [-0.05, 0) is 0 Å². The van der Waals surface area contributed by atoms with Crippen LogP contribution in [0.2, 0.25) is 0 Å². The zero-order valence-corrected chi connectivity index (χ0v) is 6.41. The van der Waals surface area contributed by atoms with Crippen LogP contribution in [0.3, 0.4) is 0 Å². The molecule has 0 aliphatic carbocycles. The first-order chi connectivity index (χ1) is 2.41. The van der Waals surface area contributed by atoms with Gasteiger partial charge in [-0.3, -0.25) is 0 Å². The van der Waals surface area contributed by atoms with Gasteiger partial charge in [-0.2, -0.15) is 0 Å². The zero-order valence-electron chi connectivity index (χ0n) is 3.29. The standard InChI is InChI=1S/K.HNO2.H3NO/c;2-1-3;1-2/h;(H,2,3);2H,1H2/q+1;;/p-1. The Morgan fingerprint density at radius 3 is 1.67 bits per heavy atom. The minimum atomic E-state index is 0. The third-order valence-electron chi connectivity index (χ3n) is 0. The number of nitrogens with zero attached hydrogens (tertiary/aromatic N) is 1. The van der Waals surface area contributed by atoms with E-state index in [2.05, 4.69) is 5.90 Å². The van der Waals surface area contributed by atoms with Crippen LogP contribution in [0.15, 0.2) is 5.34 Å². The summed E-state index contributed by atoms with van der Waals surface area (Å²) >= 11 is 0. The van der Waals surface area contributed by atoms with Crippen molar-refractivity contribution in [1.82, 2.24) is 0 Å². The maximum Gasteiger partial charge on any atom is 1.00 e. The van der Waals surface area contributed by atoms with Gasteiger partial charge >= 0.3 is 51.4 Å². The van der Waals surface area contributed by atoms with Gasteiger partial charge in [0.05, 0.1) is 0 Å². The van der Waals surface area contributed by atoms with Crippen molar-refractivity contribution in [1.29, 1.82) is 0 Å². The molecule has 6 heteroatoms. The molecule has 0 unspecified atom stereocenters. The van der Waals surface area contributed by atoms with Gasteiger partial charge in [-0.1, -0.05) is 0 Å². The summed E-state index contributed by atoms with van der Waals surface area (Å²) < 4.78 is 0. The minimum absolute atomic E-state index is 0. The van der Waals surface area contributed by atoms with Gasteiger partial charge in [0.2, 0.25) is 0 Å². The van der Waals surface area contributed by atoms with Crippen molar-refractivity contribution >= 4 is 0 Å². The Hall–Kier alpha value is 0.956. The van der Waals surface area contributed by atoms with Crippen LogP contribution < -0.4 is 57.3 Å². The molecule has 3 N–H and O–H groups in total.